The van der Waals surface area contributed by atoms with Crippen molar-refractivity contribution in [1.82, 2.24) is 0 Å². The Bertz CT molecular complexity index is 1490. The van der Waals surface area contributed by atoms with Crippen LogP contribution in [0.3, 0.4) is 0 Å². The molecule has 8 heteroatoms. The van der Waals surface area contributed by atoms with Gasteiger partial charge in [-0.2, -0.15) is 0 Å². The molecule has 0 aliphatic rings. The number of halogens is 6. The van der Waals surface area contributed by atoms with E-state index in [4.69, 9.17) is 4.74 Å². The second kappa shape index (κ2) is 11.4. The number of carbonyl (C=O) groups is 1. The van der Waals surface area contributed by atoms with E-state index >= 15 is 0 Å². The third kappa shape index (κ3) is 5.80. The van der Waals surface area contributed by atoms with Gasteiger partial charge in [0.05, 0.1) is 5.56 Å². The first-order valence-corrected chi connectivity index (χ1v) is 11.6. The molecule has 0 aliphatic carbocycles. The Labute approximate surface area is 214 Å². The summed E-state index contributed by atoms with van der Waals surface area (Å²) >= 11 is 0. The molecule has 0 unspecified atom stereocenters. The summed E-state index contributed by atoms with van der Waals surface area (Å²) < 4.78 is 87.8. The average Bonchev–Trinajstić information content (AvgIpc) is 2.91. The van der Waals surface area contributed by atoms with Gasteiger partial charge in [0.15, 0.2) is 23.3 Å². The summed E-state index contributed by atoms with van der Waals surface area (Å²) in [7, 11) is 0. The molecule has 38 heavy (non-hydrogen) atoms. The summed E-state index contributed by atoms with van der Waals surface area (Å²) in [6.07, 6.45) is 0.515. The molecule has 0 aliphatic heterocycles. The molecule has 0 N–H and O–H groups in total. The Morgan fingerprint density at radius 1 is 0.684 bits per heavy atom. The first-order chi connectivity index (χ1) is 18.2. The van der Waals surface area contributed by atoms with Crippen LogP contribution in [-0.4, -0.2) is 5.97 Å². The minimum absolute atomic E-state index is 0.0240. The van der Waals surface area contributed by atoms with E-state index in [1.807, 2.05) is 0 Å². The largest absolute Gasteiger partial charge is 0.423 e. The Kier molecular flexibility index (Phi) is 8.00. The fourth-order valence-electron chi connectivity index (χ4n) is 3.76. The van der Waals surface area contributed by atoms with Gasteiger partial charge in [-0.25, -0.2) is 31.1 Å². The highest BCUT2D eigenvalue weighted by Gasteiger charge is 2.16. The lowest BCUT2D eigenvalue weighted by molar-refractivity contribution is 0.0734. The number of benzene rings is 4. The molecule has 4 rings (SSSR count). The molecule has 2 nitrogen and oxygen atoms in total. The molecule has 0 radical (unpaired) electrons. The highest BCUT2D eigenvalue weighted by atomic mass is 19.2. The standard InChI is InChI=1S/C30H20F6O2/c1-2-3-24(31)28(35)19-8-4-17(5-9-19)18-6-10-20(11-7-18)30(37)38-22-12-13-23(25(32)16-22)21-14-26(33)29(36)27(34)15-21/h4-16H,2-3H2,1H3/b28-24+. The maximum Gasteiger partial charge on any atom is 0.343 e. The molecular formula is C30H20F6O2. The summed E-state index contributed by atoms with van der Waals surface area (Å²) in [5.41, 5.74) is 1.29. The number of ether oxygens (including phenoxy) is 1. The predicted octanol–water partition coefficient (Wildman–Crippen LogP) is 9.20. The van der Waals surface area contributed by atoms with Gasteiger partial charge in [-0.05, 0) is 59.5 Å². The Balaban J connectivity index is 1.46. The Morgan fingerprint density at radius 2 is 1.24 bits per heavy atom. The summed E-state index contributed by atoms with van der Waals surface area (Å²) in [5.74, 6) is -8.12. The number of allylic oxidation sites excluding steroid dienone is 1. The number of carbonyl (C=O) groups excluding carboxylic acids is 1. The van der Waals surface area contributed by atoms with Gasteiger partial charge in [0.1, 0.15) is 17.4 Å². The van der Waals surface area contributed by atoms with Crippen LogP contribution in [0, 0.1) is 23.3 Å². The third-order valence-electron chi connectivity index (χ3n) is 5.75. The maximum absolute atomic E-state index is 14.6. The van der Waals surface area contributed by atoms with Crippen molar-refractivity contribution >= 4 is 11.8 Å². The quantitative estimate of drug-likeness (QED) is 0.104. The molecule has 0 spiro atoms. The second-order valence-corrected chi connectivity index (χ2v) is 8.41. The molecule has 0 amide bonds. The summed E-state index contributed by atoms with van der Waals surface area (Å²) in [5, 5.41) is 0. The van der Waals surface area contributed by atoms with E-state index in [-0.39, 0.29) is 34.4 Å². The number of hydrogen-bond acceptors (Lipinski definition) is 2. The monoisotopic (exact) mass is 526 g/mol. The van der Waals surface area contributed by atoms with E-state index in [1.54, 1.807) is 31.2 Å². The minimum atomic E-state index is -1.66. The van der Waals surface area contributed by atoms with Gasteiger partial charge in [0, 0.05) is 23.6 Å². The summed E-state index contributed by atoms with van der Waals surface area (Å²) in [6.45, 7) is 1.76. The number of rotatable bonds is 7. The lowest BCUT2D eigenvalue weighted by Crippen LogP contribution is -2.08. The topological polar surface area (TPSA) is 26.3 Å². The highest BCUT2D eigenvalue weighted by molar-refractivity contribution is 5.91. The van der Waals surface area contributed by atoms with Crippen molar-refractivity contribution in [3.63, 3.8) is 0 Å². The fraction of sp³-hybridized carbons (Fsp3) is 0.100. The zero-order valence-corrected chi connectivity index (χ0v) is 20.0. The molecule has 4 aromatic rings. The lowest BCUT2D eigenvalue weighted by Gasteiger charge is -2.09. The van der Waals surface area contributed by atoms with E-state index < -0.39 is 40.9 Å². The van der Waals surface area contributed by atoms with Crippen molar-refractivity contribution in [2.24, 2.45) is 0 Å². The highest BCUT2D eigenvalue weighted by Crippen LogP contribution is 2.30. The first kappa shape index (κ1) is 26.7. The Morgan fingerprint density at radius 3 is 1.76 bits per heavy atom. The van der Waals surface area contributed by atoms with Crippen molar-refractivity contribution in [1.29, 1.82) is 0 Å². The zero-order valence-electron chi connectivity index (χ0n) is 20.0. The van der Waals surface area contributed by atoms with Gasteiger partial charge in [-0.3, -0.25) is 0 Å². The minimum Gasteiger partial charge on any atom is -0.423 e. The molecule has 0 heterocycles. The second-order valence-electron chi connectivity index (χ2n) is 8.41. The molecule has 0 saturated carbocycles. The molecule has 4 aromatic carbocycles. The van der Waals surface area contributed by atoms with Gasteiger partial charge in [0.25, 0.3) is 0 Å². The van der Waals surface area contributed by atoms with E-state index in [1.165, 1.54) is 30.3 Å². The van der Waals surface area contributed by atoms with Crippen molar-refractivity contribution in [2.45, 2.75) is 19.8 Å². The average molecular weight is 526 g/mol. The summed E-state index contributed by atoms with van der Waals surface area (Å²) in [4.78, 5) is 12.5. The van der Waals surface area contributed by atoms with E-state index in [0.717, 1.165) is 12.1 Å². The summed E-state index contributed by atoms with van der Waals surface area (Å²) in [6, 6.07) is 17.0. The number of esters is 1. The van der Waals surface area contributed by atoms with Crippen LogP contribution in [0.1, 0.15) is 35.7 Å². The maximum atomic E-state index is 14.6. The van der Waals surface area contributed by atoms with Crippen LogP contribution in [0.15, 0.2) is 84.7 Å². The normalized spacial score (nSPS) is 11.8. The van der Waals surface area contributed by atoms with Crippen LogP contribution in [0.4, 0.5) is 26.3 Å². The van der Waals surface area contributed by atoms with Crippen molar-refractivity contribution in [3.8, 4) is 28.0 Å². The van der Waals surface area contributed by atoms with E-state index in [0.29, 0.717) is 29.7 Å². The van der Waals surface area contributed by atoms with Crippen molar-refractivity contribution in [2.75, 3.05) is 0 Å². The number of hydrogen-bond donors (Lipinski definition) is 0. The molecule has 194 valence electrons. The van der Waals surface area contributed by atoms with Crippen LogP contribution in [-0.2, 0) is 0 Å². The van der Waals surface area contributed by atoms with E-state index in [9.17, 15) is 31.1 Å². The van der Waals surface area contributed by atoms with Crippen molar-refractivity contribution in [3.05, 3.63) is 119 Å². The van der Waals surface area contributed by atoms with Gasteiger partial charge in [-0.1, -0.05) is 43.3 Å². The smallest absolute Gasteiger partial charge is 0.343 e. The van der Waals surface area contributed by atoms with E-state index in [2.05, 4.69) is 0 Å². The molecule has 0 aromatic heterocycles. The molecule has 0 atom stereocenters. The molecule has 0 fully saturated rings. The van der Waals surface area contributed by atoms with Gasteiger partial charge < -0.3 is 4.74 Å². The van der Waals surface area contributed by atoms with Crippen molar-refractivity contribution < 1.29 is 35.9 Å². The lowest BCUT2D eigenvalue weighted by atomic mass is 10.0. The molecule has 0 bridgehead atoms. The SMILES string of the molecule is CCC/C(F)=C(\F)c1ccc(-c2ccc(C(=O)Oc3ccc(-c4cc(F)c(F)c(F)c4)c(F)c3)cc2)cc1. The van der Waals surface area contributed by atoms with Crippen LogP contribution in [0.25, 0.3) is 28.1 Å². The first-order valence-electron chi connectivity index (χ1n) is 11.6. The molecule has 0 saturated heterocycles. The fourth-order valence-corrected chi connectivity index (χ4v) is 3.76. The zero-order chi connectivity index (χ0) is 27.4. The molecular weight excluding hydrogens is 506 g/mol. The third-order valence-corrected chi connectivity index (χ3v) is 5.75. The van der Waals surface area contributed by atoms with Crippen LogP contribution < -0.4 is 4.74 Å². The van der Waals surface area contributed by atoms with Crippen LogP contribution in [0.2, 0.25) is 0 Å². The Hall–Kier alpha value is -4.33. The van der Waals surface area contributed by atoms with Gasteiger partial charge in [-0.15, -0.1) is 0 Å². The van der Waals surface area contributed by atoms with Gasteiger partial charge >= 0.3 is 5.97 Å². The van der Waals surface area contributed by atoms with Crippen LogP contribution >= 0.6 is 0 Å². The van der Waals surface area contributed by atoms with Crippen LogP contribution in [0.5, 0.6) is 5.75 Å². The van der Waals surface area contributed by atoms with Gasteiger partial charge in [0.2, 0.25) is 0 Å². The predicted molar refractivity (Wildman–Crippen MR) is 133 cm³/mol.